The molecular weight excluding hydrogens is 183 g/mol. The number of aromatic nitrogens is 3. The molecule has 0 atom stereocenters. The highest BCUT2D eigenvalue weighted by Crippen LogP contribution is 2.14. The van der Waals surface area contributed by atoms with Crippen molar-refractivity contribution in [2.24, 2.45) is 0 Å². The highest BCUT2D eigenvalue weighted by molar-refractivity contribution is 6.30. The van der Waals surface area contributed by atoms with Gasteiger partial charge in [0.15, 0.2) is 11.5 Å². The smallest absolute Gasteiger partial charge is 0.240 e. The van der Waals surface area contributed by atoms with Crippen LogP contribution in [0, 0.1) is 5.82 Å². The van der Waals surface area contributed by atoms with E-state index in [1.807, 2.05) is 0 Å². The average molecular weight is 187 g/mol. The van der Waals surface area contributed by atoms with Crippen LogP contribution >= 0.6 is 11.6 Å². The summed E-state index contributed by atoms with van der Waals surface area (Å²) in [5.74, 6) is -0.511. The van der Waals surface area contributed by atoms with Gasteiger partial charge in [0.25, 0.3) is 0 Å². The molecule has 0 aliphatic heterocycles. The Morgan fingerprint density at radius 1 is 1.58 bits per heavy atom. The normalized spacial score (nSPS) is 10.8. The molecule has 0 spiro atoms. The zero-order valence-corrected chi connectivity index (χ0v) is 6.59. The van der Waals surface area contributed by atoms with Crippen molar-refractivity contribution in [2.45, 2.75) is 0 Å². The SMILES string of the molecule is Nc1nc2c(F)cc(Cl)cn2n1. The van der Waals surface area contributed by atoms with E-state index < -0.39 is 5.82 Å². The molecule has 0 amide bonds. The summed E-state index contributed by atoms with van der Waals surface area (Å²) in [6.07, 6.45) is 1.43. The van der Waals surface area contributed by atoms with Crippen molar-refractivity contribution >= 4 is 23.2 Å². The maximum absolute atomic E-state index is 13.0. The van der Waals surface area contributed by atoms with Gasteiger partial charge in [-0.3, -0.25) is 0 Å². The van der Waals surface area contributed by atoms with Crippen molar-refractivity contribution in [2.75, 3.05) is 5.73 Å². The van der Waals surface area contributed by atoms with Gasteiger partial charge >= 0.3 is 0 Å². The average Bonchev–Trinajstić information content (AvgIpc) is 2.29. The van der Waals surface area contributed by atoms with Crippen LogP contribution in [0.3, 0.4) is 0 Å². The number of nitrogens with two attached hydrogens (primary N) is 1. The van der Waals surface area contributed by atoms with Gasteiger partial charge in [-0.15, -0.1) is 5.10 Å². The zero-order chi connectivity index (χ0) is 8.72. The Kier molecular flexibility index (Phi) is 1.41. The van der Waals surface area contributed by atoms with Gasteiger partial charge in [-0.2, -0.15) is 4.98 Å². The largest absolute Gasteiger partial charge is 0.366 e. The topological polar surface area (TPSA) is 56.2 Å². The van der Waals surface area contributed by atoms with E-state index in [0.717, 1.165) is 6.07 Å². The Hall–Kier alpha value is -1.36. The maximum atomic E-state index is 13.0. The van der Waals surface area contributed by atoms with Crippen molar-refractivity contribution in [1.29, 1.82) is 0 Å². The number of nitrogens with zero attached hydrogens (tertiary/aromatic N) is 3. The zero-order valence-electron chi connectivity index (χ0n) is 5.83. The molecule has 0 fully saturated rings. The number of anilines is 1. The minimum absolute atomic E-state index is 0.0242. The van der Waals surface area contributed by atoms with Crippen molar-refractivity contribution in [1.82, 2.24) is 14.6 Å². The molecule has 62 valence electrons. The Labute approximate surface area is 71.8 Å². The Morgan fingerprint density at radius 3 is 3.08 bits per heavy atom. The van der Waals surface area contributed by atoms with Crippen molar-refractivity contribution < 1.29 is 4.39 Å². The molecule has 2 rings (SSSR count). The fourth-order valence-corrected chi connectivity index (χ4v) is 1.12. The molecule has 12 heavy (non-hydrogen) atoms. The van der Waals surface area contributed by atoms with E-state index in [9.17, 15) is 4.39 Å². The Morgan fingerprint density at radius 2 is 2.33 bits per heavy atom. The van der Waals surface area contributed by atoms with E-state index in [1.165, 1.54) is 10.7 Å². The minimum Gasteiger partial charge on any atom is -0.366 e. The van der Waals surface area contributed by atoms with E-state index in [0.29, 0.717) is 0 Å². The molecular formula is C6H4ClFN4. The van der Waals surface area contributed by atoms with Gasteiger partial charge in [0.1, 0.15) is 0 Å². The van der Waals surface area contributed by atoms with E-state index in [2.05, 4.69) is 10.1 Å². The number of halogens is 2. The lowest BCUT2D eigenvalue weighted by Crippen LogP contribution is -1.90. The molecule has 6 heteroatoms. The Balaban J connectivity index is 2.88. The number of nitrogen functional groups attached to an aromatic ring is 1. The minimum atomic E-state index is -0.535. The third-order valence-electron chi connectivity index (χ3n) is 1.37. The van der Waals surface area contributed by atoms with Crippen LogP contribution in [0.15, 0.2) is 12.3 Å². The van der Waals surface area contributed by atoms with Crippen LogP contribution in [0.4, 0.5) is 10.3 Å². The molecule has 2 aromatic heterocycles. The van der Waals surface area contributed by atoms with Crippen molar-refractivity contribution in [3.63, 3.8) is 0 Å². The van der Waals surface area contributed by atoms with E-state index >= 15 is 0 Å². The van der Waals surface area contributed by atoms with Gasteiger partial charge in [-0.05, 0) is 6.07 Å². The second kappa shape index (κ2) is 2.31. The van der Waals surface area contributed by atoms with Gasteiger partial charge in [-0.25, -0.2) is 8.91 Å². The summed E-state index contributed by atoms with van der Waals surface area (Å²) in [7, 11) is 0. The number of hydrogen-bond donors (Lipinski definition) is 1. The second-order valence-corrected chi connectivity index (χ2v) is 2.68. The Bertz CT molecular complexity index is 438. The molecule has 0 unspecified atom stereocenters. The van der Waals surface area contributed by atoms with Crippen LogP contribution in [-0.2, 0) is 0 Å². The van der Waals surface area contributed by atoms with Crippen LogP contribution in [0.25, 0.3) is 5.65 Å². The molecule has 0 bridgehead atoms. The highest BCUT2D eigenvalue weighted by Gasteiger charge is 2.06. The van der Waals surface area contributed by atoms with Crippen LogP contribution in [0.2, 0.25) is 5.02 Å². The molecule has 2 aromatic rings. The fourth-order valence-electron chi connectivity index (χ4n) is 0.932. The standard InChI is InChI=1S/C6H4ClFN4/c7-3-1-4(8)5-10-6(9)11-12(5)2-3/h1-2H,(H2,9,11). The molecule has 0 radical (unpaired) electrons. The predicted molar refractivity (Wildman–Crippen MR) is 42.4 cm³/mol. The molecule has 4 nitrogen and oxygen atoms in total. The van der Waals surface area contributed by atoms with Crippen LogP contribution in [0.5, 0.6) is 0 Å². The molecule has 2 N–H and O–H groups in total. The summed E-state index contributed by atoms with van der Waals surface area (Å²) in [4.78, 5) is 3.65. The first kappa shape index (κ1) is 7.30. The van der Waals surface area contributed by atoms with Gasteiger partial charge < -0.3 is 5.73 Å². The summed E-state index contributed by atoms with van der Waals surface area (Å²) in [5, 5.41) is 3.95. The molecule has 2 heterocycles. The number of pyridine rings is 1. The fraction of sp³-hybridized carbons (Fsp3) is 0. The lowest BCUT2D eigenvalue weighted by molar-refractivity contribution is 0.627. The number of fused-ring (bicyclic) bond motifs is 1. The maximum Gasteiger partial charge on any atom is 0.240 e. The van der Waals surface area contributed by atoms with Gasteiger partial charge in [0.05, 0.1) is 5.02 Å². The van der Waals surface area contributed by atoms with Gasteiger partial charge in [-0.1, -0.05) is 11.6 Å². The van der Waals surface area contributed by atoms with Crippen molar-refractivity contribution in [3.8, 4) is 0 Å². The highest BCUT2D eigenvalue weighted by atomic mass is 35.5. The number of hydrogen-bond acceptors (Lipinski definition) is 3. The summed E-state index contributed by atoms with van der Waals surface area (Å²) >= 11 is 5.56. The third kappa shape index (κ3) is 0.984. The lowest BCUT2D eigenvalue weighted by Gasteiger charge is -1.92. The van der Waals surface area contributed by atoms with E-state index in [4.69, 9.17) is 17.3 Å². The van der Waals surface area contributed by atoms with Crippen molar-refractivity contribution in [3.05, 3.63) is 23.1 Å². The van der Waals surface area contributed by atoms with E-state index in [-0.39, 0.29) is 16.6 Å². The van der Waals surface area contributed by atoms with E-state index in [1.54, 1.807) is 0 Å². The van der Waals surface area contributed by atoms with Crippen LogP contribution in [0.1, 0.15) is 0 Å². The van der Waals surface area contributed by atoms with Gasteiger partial charge in [0, 0.05) is 6.20 Å². The van der Waals surface area contributed by atoms with Crippen LogP contribution in [-0.4, -0.2) is 14.6 Å². The third-order valence-corrected chi connectivity index (χ3v) is 1.58. The van der Waals surface area contributed by atoms with Crippen LogP contribution < -0.4 is 5.73 Å². The summed E-state index contributed by atoms with van der Waals surface area (Å²) in [6, 6.07) is 1.16. The first-order chi connectivity index (χ1) is 5.66. The monoisotopic (exact) mass is 186 g/mol. The molecule has 0 aromatic carbocycles. The molecule has 0 saturated heterocycles. The van der Waals surface area contributed by atoms with Gasteiger partial charge in [0.2, 0.25) is 5.95 Å². The number of rotatable bonds is 0. The lowest BCUT2D eigenvalue weighted by atomic mass is 10.4. The predicted octanol–water partition coefficient (Wildman–Crippen LogP) is 1.10. The summed E-state index contributed by atoms with van der Waals surface area (Å²) < 4.78 is 14.2. The second-order valence-electron chi connectivity index (χ2n) is 2.24. The first-order valence-corrected chi connectivity index (χ1v) is 3.51. The molecule has 0 aliphatic carbocycles. The summed E-state index contributed by atoms with van der Waals surface area (Å²) in [5.41, 5.74) is 5.34. The quantitative estimate of drug-likeness (QED) is 0.671. The molecule has 0 aliphatic rings. The summed E-state index contributed by atoms with van der Waals surface area (Å²) in [6.45, 7) is 0. The first-order valence-electron chi connectivity index (χ1n) is 3.14. The molecule has 0 saturated carbocycles.